The van der Waals surface area contributed by atoms with E-state index in [-0.39, 0.29) is 5.54 Å². The van der Waals surface area contributed by atoms with Gasteiger partial charge in [-0.1, -0.05) is 6.92 Å². The number of methoxy groups -OCH3 is 1. The van der Waals surface area contributed by atoms with Gasteiger partial charge in [-0.05, 0) is 45.6 Å². The molecule has 0 saturated carbocycles. The van der Waals surface area contributed by atoms with E-state index < -0.39 is 0 Å². The van der Waals surface area contributed by atoms with E-state index in [1.807, 2.05) is 7.05 Å². The van der Waals surface area contributed by atoms with E-state index in [9.17, 15) is 0 Å². The first-order valence-corrected chi connectivity index (χ1v) is 8.18. The van der Waals surface area contributed by atoms with Gasteiger partial charge in [0.2, 0.25) is 0 Å². The van der Waals surface area contributed by atoms with Crippen LogP contribution in [0.5, 0.6) is 0 Å². The number of rotatable bonds is 7. The van der Waals surface area contributed by atoms with E-state index in [0.29, 0.717) is 0 Å². The van der Waals surface area contributed by atoms with Gasteiger partial charge in [0, 0.05) is 45.9 Å². The number of likely N-dealkylation sites (tertiary alicyclic amines) is 1. The molecular weight excluding hydrogens is 264 g/mol. The summed E-state index contributed by atoms with van der Waals surface area (Å²) < 4.78 is 5.05. The molecule has 5 nitrogen and oxygen atoms in total. The van der Waals surface area contributed by atoms with Gasteiger partial charge in [0.1, 0.15) is 0 Å². The van der Waals surface area contributed by atoms with Crippen LogP contribution in [0.4, 0.5) is 0 Å². The summed E-state index contributed by atoms with van der Waals surface area (Å²) in [5.41, 5.74) is 0.152. The molecule has 1 unspecified atom stereocenters. The van der Waals surface area contributed by atoms with Crippen LogP contribution in [0.3, 0.4) is 0 Å². The van der Waals surface area contributed by atoms with Gasteiger partial charge in [-0.15, -0.1) is 0 Å². The number of nitrogens with zero attached hydrogens (tertiary/aromatic N) is 2. The van der Waals surface area contributed by atoms with Gasteiger partial charge >= 0.3 is 0 Å². The fourth-order valence-corrected chi connectivity index (χ4v) is 2.79. The highest BCUT2D eigenvalue weighted by Crippen LogP contribution is 2.23. The molecule has 124 valence electrons. The SMILES string of the molecule is CN=C(NCCCOC)NCC(C)(C)N1CCCC(C)C1. The summed E-state index contributed by atoms with van der Waals surface area (Å²) in [4.78, 5) is 6.89. The van der Waals surface area contributed by atoms with Crippen LogP contribution in [0.1, 0.15) is 40.0 Å². The molecule has 5 heteroatoms. The molecule has 0 aromatic heterocycles. The lowest BCUT2D eigenvalue weighted by atomic mass is 9.93. The lowest BCUT2D eigenvalue weighted by Gasteiger charge is -2.43. The zero-order valence-corrected chi connectivity index (χ0v) is 14.5. The Morgan fingerprint density at radius 1 is 1.38 bits per heavy atom. The van der Waals surface area contributed by atoms with Crippen LogP contribution in [0.2, 0.25) is 0 Å². The van der Waals surface area contributed by atoms with Crippen LogP contribution in [0, 0.1) is 5.92 Å². The highest BCUT2D eigenvalue weighted by atomic mass is 16.5. The van der Waals surface area contributed by atoms with Gasteiger partial charge in [-0.3, -0.25) is 9.89 Å². The molecule has 1 aliphatic heterocycles. The van der Waals surface area contributed by atoms with Gasteiger partial charge in [-0.2, -0.15) is 0 Å². The number of ether oxygens (including phenoxy) is 1. The highest BCUT2D eigenvalue weighted by molar-refractivity contribution is 5.79. The smallest absolute Gasteiger partial charge is 0.191 e. The molecule has 0 aromatic rings. The maximum Gasteiger partial charge on any atom is 0.191 e. The molecule has 0 amide bonds. The third-order valence-electron chi connectivity index (χ3n) is 4.24. The normalized spacial score (nSPS) is 21.4. The second kappa shape index (κ2) is 9.26. The lowest BCUT2D eigenvalue weighted by Crippen LogP contribution is -2.56. The first-order chi connectivity index (χ1) is 9.99. The van der Waals surface area contributed by atoms with E-state index in [0.717, 1.165) is 38.0 Å². The third kappa shape index (κ3) is 6.66. The Bertz CT molecular complexity index is 317. The van der Waals surface area contributed by atoms with Crippen LogP contribution >= 0.6 is 0 Å². The van der Waals surface area contributed by atoms with Gasteiger partial charge in [0.25, 0.3) is 0 Å². The average molecular weight is 298 g/mol. The van der Waals surface area contributed by atoms with Crippen LogP contribution in [0.25, 0.3) is 0 Å². The molecule has 21 heavy (non-hydrogen) atoms. The van der Waals surface area contributed by atoms with Crippen molar-refractivity contribution in [3.8, 4) is 0 Å². The van der Waals surface area contributed by atoms with Gasteiger partial charge in [0.15, 0.2) is 5.96 Å². The Hall–Kier alpha value is -0.810. The van der Waals surface area contributed by atoms with Crippen molar-refractivity contribution in [1.82, 2.24) is 15.5 Å². The minimum atomic E-state index is 0.152. The average Bonchev–Trinajstić information content (AvgIpc) is 2.46. The van der Waals surface area contributed by atoms with E-state index in [1.165, 1.54) is 25.9 Å². The van der Waals surface area contributed by atoms with Crippen molar-refractivity contribution in [2.75, 3.05) is 46.9 Å². The molecule has 0 bridgehead atoms. The minimum absolute atomic E-state index is 0.152. The number of hydrogen-bond acceptors (Lipinski definition) is 3. The monoisotopic (exact) mass is 298 g/mol. The van der Waals surface area contributed by atoms with Gasteiger partial charge < -0.3 is 15.4 Å². The minimum Gasteiger partial charge on any atom is -0.385 e. The molecular formula is C16H34N4O. The molecule has 1 saturated heterocycles. The second-order valence-electron chi connectivity index (χ2n) is 6.70. The summed E-state index contributed by atoms with van der Waals surface area (Å²) in [7, 11) is 3.55. The Kier molecular flexibility index (Phi) is 8.04. The molecule has 1 fully saturated rings. The summed E-state index contributed by atoms with van der Waals surface area (Å²) in [5, 5.41) is 6.78. The van der Waals surface area contributed by atoms with Crippen LogP contribution < -0.4 is 10.6 Å². The summed E-state index contributed by atoms with van der Waals surface area (Å²) in [6, 6.07) is 0. The summed E-state index contributed by atoms with van der Waals surface area (Å²) >= 11 is 0. The summed E-state index contributed by atoms with van der Waals surface area (Å²) in [6.45, 7) is 12.0. The molecule has 2 N–H and O–H groups in total. The standard InChI is InChI=1S/C16H34N4O/c1-14-8-6-10-20(12-14)16(2,3)13-19-15(17-4)18-9-7-11-21-5/h14H,6-13H2,1-5H3,(H2,17,18,19). The molecule has 1 atom stereocenters. The van der Waals surface area contributed by atoms with Crippen LogP contribution in [-0.4, -0.2) is 63.3 Å². The van der Waals surface area contributed by atoms with Crippen LogP contribution in [0.15, 0.2) is 4.99 Å². The number of guanidine groups is 1. The van der Waals surface area contributed by atoms with Crippen LogP contribution in [-0.2, 0) is 4.74 Å². The number of aliphatic imine (C=N–C) groups is 1. The number of hydrogen-bond donors (Lipinski definition) is 2. The van der Waals surface area contributed by atoms with Crippen molar-refractivity contribution in [1.29, 1.82) is 0 Å². The first-order valence-electron chi connectivity index (χ1n) is 8.18. The summed E-state index contributed by atoms with van der Waals surface area (Å²) in [6.07, 6.45) is 3.67. The lowest BCUT2D eigenvalue weighted by molar-refractivity contribution is 0.0739. The Morgan fingerprint density at radius 3 is 2.76 bits per heavy atom. The van der Waals surface area contributed by atoms with E-state index in [2.05, 4.69) is 41.3 Å². The molecule has 0 aromatic carbocycles. The zero-order valence-electron chi connectivity index (χ0n) is 14.5. The predicted octanol–water partition coefficient (Wildman–Crippen LogP) is 1.70. The molecule has 0 spiro atoms. The highest BCUT2D eigenvalue weighted by Gasteiger charge is 2.30. The van der Waals surface area contributed by atoms with Crippen molar-refractivity contribution >= 4 is 5.96 Å². The maximum absolute atomic E-state index is 5.05. The molecule has 1 aliphatic rings. The van der Waals surface area contributed by atoms with E-state index in [1.54, 1.807) is 7.11 Å². The first kappa shape index (κ1) is 18.2. The molecule has 0 radical (unpaired) electrons. The van der Waals surface area contributed by atoms with E-state index in [4.69, 9.17) is 4.74 Å². The van der Waals surface area contributed by atoms with Gasteiger partial charge in [0.05, 0.1) is 0 Å². The number of piperidine rings is 1. The third-order valence-corrected chi connectivity index (χ3v) is 4.24. The topological polar surface area (TPSA) is 48.9 Å². The Balaban J connectivity index is 2.36. The van der Waals surface area contributed by atoms with Gasteiger partial charge in [-0.25, -0.2) is 0 Å². The fraction of sp³-hybridized carbons (Fsp3) is 0.938. The van der Waals surface area contributed by atoms with Crippen molar-refractivity contribution < 1.29 is 4.74 Å². The number of nitrogens with one attached hydrogen (secondary N) is 2. The van der Waals surface area contributed by atoms with Crippen molar-refractivity contribution in [3.63, 3.8) is 0 Å². The molecule has 0 aliphatic carbocycles. The van der Waals surface area contributed by atoms with E-state index >= 15 is 0 Å². The zero-order chi connectivity index (χ0) is 15.7. The van der Waals surface area contributed by atoms with Crippen molar-refractivity contribution in [2.24, 2.45) is 10.9 Å². The quantitative estimate of drug-likeness (QED) is 0.427. The molecule has 1 rings (SSSR count). The fourth-order valence-electron chi connectivity index (χ4n) is 2.79. The summed E-state index contributed by atoms with van der Waals surface area (Å²) in [5.74, 6) is 1.69. The largest absolute Gasteiger partial charge is 0.385 e. The van der Waals surface area contributed by atoms with Crippen molar-refractivity contribution in [2.45, 2.75) is 45.6 Å². The predicted molar refractivity (Wildman–Crippen MR) is 89.9 cm³/mol. The molecule has 1 heterocycles. The van der Waals surface area contributed by atoms with Crippen molar-refractivity contribution in [3.05, 3.63) is 0 Å². The maximum atomic E-state index is 5.05. The Labute approximate surface area is 130 Å². The Morgan fingerprint density at radius 2 is 2.14 bits per heavy atom. The second-order valence-corrected chi connectivity index (χ2v) is 6.70.